The molecule has 0 spiro atoms. The van der Waals surface area contributed by atoms with E-state index >= 15 is 0 Å². The van der Waals surface area contributed by atoms with Gasteiger partial charge in [0.2, 0.25) is 11.8 Å². The number of para-hydroxylation sites is 1. The van der Waals surface area contributed by atoms with E-state index in [1.54, 1.807) is 16.8 Å². The van der Waals surface area contributed by atoms with Gasteiger partial charge >= 0.3 is 0 Å². The Bertz CT molecular complexity index is 1280. The summed E-state index contributed by atoms with van der Waals surface area (Å²) in [6.45, 7) is 5.33. The highest BCUT2D eigenvalue weighted by atomic mass is 19.1. The lowest BCUT2D eigenvalue weighted by molar-refractivity contribution is 0.120. The van der Waals surface area contributed by atoms with Crippen LogP contribution in [-0.2, 0) is 11.3 Å². The number of benzene rings is 1. The molecule has 10 heteroatoms. The number of halogens is 1. The van der Waals surface area contributed by atoms with Gasteiger partial charge in [-0.15, -0.1) is 5.10 Å². The molecule has 4 aromatic rings. The van der Waals surface area contributed by atoms with Crippen molar-refractivity contribution in [1.82, 2.24) is 24.5 Å². The third-order valence-corrected chi connectivity index (χ3v) is 6.65. The molecular weight excluding hydrogens is 449 g/mol. The molecule has 1 N–H and O–H groups in total. The average molecular weight is 478 g/mol. The second-order valence-corrected chi connectivity index (χ2v) is 8.99. The zero-order chi connectivity index (χ0) is 23.6. The Morgan fingerprint density at radius 3 is 2.74 bits per heavy atom. The third kappa shape index (κ3) is 4.59. The van der Waals surface area contributed by atoms with Gasteiger partial charge in [0.05, 0.1) is 18.1 Å². The van der Waals surface area contributed by atoms with Crippen LogP contribution in [0.25, 0.3) is 17.2 Å². The molecule has 182 valence electrons. The molecule has 2 aliphatic rings. The standard InChI is InChI=1S/C25H28FN7O2/c26-20-6-1-2-7-21(20)32-11-9-31(10-12-32)17-18-15-27-25(28-16-19-5-3-13-34-19)33-24(18)29-23(30-33)22-8-4-14-35-22/h1-2,4,6-8,14-15,19H,3,5,9-13,16-17H2,(H,27,28). The molecule has 9 nitrogen and oxygen atoms in total. The van der Waals surface area contributed by atoms with Gasteiger partial charge in [-0.3, -0.25) is 4.90 Å². The number of fused-ring (bicyclic) bond motifs is 1. The number of piperazine rings is 1. The number of ether oxygens (including phenoxy) is 1. The average Bonchev–Trinajstić information content (AvgIpc) is 3.66. The maximum Gasteiger partial charge on any atom is 0.226 e. The molecule has 0 aliphatic carbocycles. The van der Waals surface area contributed by atoms with Gasteiger partial charge in [-0.2, -0.15) is 4.52 Å². The summed E-state index contributed by atoms with van der Waals surface area (Å²) in [6, 6.07) is 10.6. The Labute approximate surface area is 202 Å². The van der Waals surface area contributed by atoms with Crippen LogP contribution >= 0.6 is 0 Å². The van der Waals surface area contributed by atoms with Crippen LogP contribution in [0.4, 0.5) is 16.0 Å². The minimum absolute atomic E-state index is 0.174. The van der Waals surface area contributed by atoms with Crippen molar-refractivity contribution in [2.45, 2.75) is 25.5 Å². The van der Waals surface area contributed by atoms with Gasteiger partial charge in [-0.1, -0.05) is 12.1 Å². The normalized spacial score (nSPS) is 19.0. The highest BCUT2D eigenvalue weighted by Crippen LogP contribution is 2.24. The van der Waals surface area contributed by atoms with Crippen molar-refractivity contribution in [3.05, 3.63) is 60.2 Å². The van der Waals surface area contributed by atoms with Crippen LogP contribution < -0.4 is 10.2 Å². The molecule has 2 aliphatic heterocycles. The molecule has 35 heavy (non-hydrogen) atoms. The Kier molecular flexibility index (Phi) is 6.05. The summed E-state index contributed by atoms with van der Waals surface area (Å²) < 4.78 is 27.2. The number of furan rings is 1. The number of hydrogen-bond donors (Lipinski definition) is 1. The maximum atomic E-state index is 14.2. The summed E-state index contributed by atoms with van der Waals surface area (Å²) in [4.78, 5) is 13.9. The number of hydrogen-bond acceptors (Lipinski definition) is 8. The van der Waals surface area contributed by atoms with Crippen molar-refractivity contribution in [1.29, 1.82) is 0 Å². The van der Waals surface area contributed by atoms with Crippen molar-refractivity contribution >= 4 is 17.3 Å². The maximum absolute atomic E-state index is 14.2. The molecule has 0 amide bonds. The van der Waals surface area contributed by atoms with Crippen molar-refractivity contribution in [2.75, 3.05) is 49.5 Å². The predicted octanol–water partition coefficient (Wildman–Crippen LogP) is 3.44. The van der Waals surface area contributed by atoms with E-state index < -0.39 is 0 Å². The fourth-order valence-electron chi connectivity index (χ4n) is 4.77. The Hall–Kier alpha value is -3.50. The first-order valence-corrected chi connectivity index (χ1v) is 12.1. The summed E-state index contributed by atoms with van der Waals surface area (Å²) in [5, 5.41) is 8.08. The van der Waals surface area contributed by atoms with Gasteiger partial charge in [0.1, 0.15) is 5.82 Å². The molecule has 5 heterocycles. The Morgan fingerprint density at radius 2 is 1.97 bits per heavy atom. The molecule has 1 atom stereocenters. The number of anilines is 2. The van der Waals surface area contributed by atoms with E-state index in [-0.39, 0.29) is 11.9 Å². The van der Waals surface area contributed by atoms with Crippen LogP contribution in [0.3, 0.4) is 0 Å². The lowest BCUT2D eigenvalue weighted by Crippen LogP contribution is -2.46. The number of rotatable bonds is 7. The van der Waals surface area contributed by atoms with Crippen molar-refractivity contribution in [2.24, 2.45) is 0 Å². The highest BCUT2D eigenvalue weighted by Gasteiger charge is 2.23. The summed E-state index contributed by atoms with van der Waals surface area (Å²) in [5.74, 6) is 1.60. The van der Waals surface area contributed by atoms with Crippen LogP contribution in [-0.4, -0.2) is 69.9 Å². The van der Waals surface area contributed by atoms with E-state index in [2.05, 4.69) is 20.1 Å². The Morgan fingerprint density at radius 1 is 1.09 bits per heavy atom. The number of nitrogens with zero attached hydrogens (tertiary/aromatic N) is 6. The van der Waals surface area contributed by atoms with E-state index in [1.165, 1.54) is 6.07 Å². The molecule has 6 rings (SSSR count). The molecule has 1 unspecified atom stereocenters. The van der Waals surface area contributed by atoms with Crippen LogP contribution in [0, 0.1) is 5.82 Å². The van der Waals surface area contributed by atoms with Gasteiger partial charge in [0, 0.05) is 57.6 Å². The molecule has 0 radical (unpaired) electrons. The van der Waals surface area contributed by atoms with E-state index in [0.29, 0.717) is 36.3 Å². The number of aromatic nitrogens is 4. The fourth-order valence-corrected chi connectivity index (χ4v) is 4.77. The monoisotopic (exact) mass is 477 g/mol. The fraction of sp³-hybridized carbons (Fsp3) is 0.400. The number of nitrogens with one attached hydrogen (secondary N) is 1. The second-order valence-electron chi connectivity index (χ2n) is 8.99. The quantitative estimate of drug-likeness (QED) is 0.434. The van der Waals surface area contributed by atoms with Gasteiger partial charge in [0.15, 0.2) is 11.4 Å². The predicted molar refractivity (Wildman–Crippen MR) is 130 cm³/mol. The first-order valence-electron chi connectivity index (χ1n) is 12.1. The van der Waals surface area contributed by atoms with Gasteiger partial charge < -0.3 is 19.4 Å². The lowest BCUT2D eigenvalue weighted by Gasteiger charge is -2.36. The van der Waals surface area contributed by atoms with E-state index in [9.17, 15) is 4.39 Å². The summed E-state index contributed by atoms with van der Waals surface area (Å²) in [5.41, 5.74) is 2.40. The van der Waals surface area contributed by atoms with E-state index in [1.807, 2.05) is 30.5 Å². The van der Waals surface area contributed by atoms with Crippen molar-refractivity contribution in [3.8, 4) is 11.6 Å². The highest BCUT2D eigenvalue weighted by molar-refractivity contribution is 5.58. The zero-order valence-electron chi connectivity index (χ0n) is 19.4. The van der Waals surface area contributed by atoms with Gasteiger partial charge in [0.25, 0.3) is 0 Å². The molecular formula is C25H28FN7O2. The van der Waals surface area contributed by atoms with Crippen LogP contribution in [0.2, 0.25) is 0 Å². The van der Waals surface area contributed by atoms with Crippen molar-refractivity contribution in [3.63, 3.8) is 0 Å². The Balaban J connectivity index is 1.22. The van der Waals surface area contributed by atoms with Crippen LogP contribution in [0.15, 0.2) is 53.3 Å². The topological polar surface area (TPSA) is 84.0 Å². The molecule has 2 fully saturated rings. The SMILES string of the molecule is Fc1ccccc1N1CCN(Cc2cnc(NCC3CCCO3)n3nc(-c4ccco4)nc23)CC1. The smallest absolute Gasteiger partial charge is 0.226 e. The van der Waals surface area contributed by atoms with E-state index in [4.69, 9.17) is 19.2 Å². The van der Waals surface area contributed by atoms with Gasteiger partial charge in [-0.25, -0.2) is 14.4 Å². The second kappa shape index (κ2) is 9.63. The van der Waals surface area contributed by atoms with Crippen LogP contribution in [0.5, 0.6) is 0 Å². The lowest BCUT2D eigenvalue weighted by atomic mass is 10.2. The zero-order valence-corrected chi connectivity index (χ0v) is 19.4. The first-order chi connectivity index (χ1) is 17.2. The largest absolute Gasteiger partial charge is 0.461 e. The minimum atomic E-state index is -0.174. The molecule has 1 aromatic carbocycles. The van der Waals surface area contributed by atoms with E-state index in [0.717, 1.165) is 56.8 Å². The summed E-state index contributed by atoms with van der Waals surface area (Å²) in [7, 11) is 0. The molecule has 2 saturated heterocycles. The summed E-state index contributed by atoms with van der Waals surface area (Å²) in [6.07, 6.45) is 5.81. The minimum Gasteiger partial charge on any atom is -0.461 e. The summed E-state index contributed by atoms with van der Waals surface area (Å²) >= 11 is 0. The van der Waals surface area contributed by atoms with Gasteiger partial charge in [-0.05, 0) is 37.1 Å². The van der Waals surface area contributed by atoms with Crippen LogP contribution in [0.1, 0.15) is 18.4 Å². The molecule has 3 aromatic heterocycles. The van der Waals surface area contributed by atoms with Crippen molar-refractivity contribution < 1.29 is 13.5 Å². The molecule has 0 saturated carbocycles. The molecule has 0 bridgehead atoms. The first kappa shape index (κ1) is 22.0. The third-order valence-electron chi connectivity index (χ3n) is 6.65.